The highest BCUT2D eigenvalue weighted by atomic mass is 79.9. The van der Waals surface area contributed by atoms with Crippen molar-refractivity contribution in [2.45, 2.75) is 63.5 Å². The first kappa shape index (κ1) is 14.3. The number of hydrogen-bond donors (Lipinski definition) is 0. The van der Waals surface area contributed by atoms with Crippen LogP contribution >= 0.6 is 15.9 Å². The molecule has 1 saturated carbocycles. The molecule has 1 aliphatic heterocycles. The van der Waals surface area contributed by atoms with Crippen LogP contribution in [-0.4, -0.2) is 41.4 Å². The second kappa shape index (κ2) is 7.49. The molecule has 0 aromatic heterocycles. The Balaban J connectivity index is 1.87. The molecule has 104 valence electrons. The van der Waals surface area contributed by atoms with Gasteiger partial charge in [-0.25, -0.2) is 0 Å². The molecule has 0 aromatic rings. The number of nitrogens with zero attached hydrogens (tertiary/aromatic N) is 1. The first-order valence-corrected chi connectivity index (χ1v) is 8.40. The maximum absolute atomic E-state index is 12.4. The van der Waals surface area contributed by atoms with Gasteiger partial charge in [0.1, 0.15) is 0 Å². The van der Waals surface area contributed by atoms with Gasteiger partial charge in [0, 0.05) is 24.5 Å². The van der Waals surface area contributed by atoms with Crippen molar-refractivity contribution in [2.75, 3.05) is 18.5 Å². The molecule has 1 aliphatic carbocycles. The fraction of sp³-hybridized carbons (Fsp3) is 0.929. The lowest BCUT2D eigenvalue weighted by molar-refractivity contribution is -0.136. The van der Waals surface area contributed by atoms with Crippen LogP contribution in [0.2, 0.25) is 0 Å². The molecule has 2 aliphatic rings. The molecule has 0 aromatic carbocycles. The summed E-state index contributed by atoms with van der Waals surface area (Å²) in [5.41, 5.74) is 0. The summed E-state index contributed by atoms with van der Waals surface area (Å²) in [5.74, 6) is 0.299. The lowest BCUT2D eigenvalue weighted by Gasteiger charge is -2.34. The lowest BCUT2D eigenvalue weighted by Crippen LogP contribution is -2.43. The zero-order valence-electron chi connectivity index (χ0n) is 11.1. The van der Waals surface area contributed by atoms with Crippen LogP contribution in [0, 0.1) is 0 Å². The minimum absolute atomic E-state index is 0.180. The average Bonchev–Trinajstić information content (AvgIpc) is 2.89. The summed E-state index contributed by atoms with van der Waals surface area (Å²) in [6, 6.07) is 0.477. The van der Waals surface area contributed by atoms with Gasteiger partial charge < -0.3 is 9.64 Å². The first-order chi connectivity index (χ1) is 8.81. The zero-order chi connectivity index (χ0) is 12.8. The van der Waals surface area contributed by atoms with Crippen LogP contribution < -0.4 is 0 Å². The summed E-state index contributed by atoms with van der Waals surface area (Å²) >= 11 is 3.47. The highest BCUT2D eigenvalue weighted by molar-refractivity contribution is 9.09. The van der Waals surface area contributed by atoms with Gasteiger partial charge in [0.25, 0.3) is 0 Å². The smallest absolute Gasteiger partial charge is 0.225 e. The third kappa shape index (κ3) is 3.95. The number of ether oxygens (including phenoxy) is 1. The third-order valence-electron chi connectivity index (χ3n) is 4.09. The molecule has 1 amide bonds. The van der Waals surface area contributed by atoms with Gasteiger partial charge in [-0.3, -0.25) is 4.79 Å². The summed E-state index contributed by atoms with van der Waals surface area (Å²) in [5, 5.41) is 0.876. The minimum Gasteiger partial charge on any atom is -0.378 e. The molecule has 1 unspecified atom stereocenters. The number of carbonyl (C=O) groups is 1. The Labute approximate surface area is 118 Å². The predicted octanol–water partition coefficient (Wildman–Crippen LogP) is 3.11. The van der Waals surface area contributed by atoms with Gasteiger partial charge in [-0.05, 0) is 25.7 Å². The summed E-state index contributed by atoms with van der Waals surface area (Å²) in [6.45, 7) is 1.68. The molecule has 1 saturated heterocycles. The monoisotopic (exact) mass is 317 g/mol. The molecule has 0 spiro atoms. The van der Waals surface area contributed by atoms with Gasteiger partial charge >= 0.3 is 0 Å². The van der Waals surface area contributed by atoms with Crippen LogP contribution in [-0.2, 0) is 9.53 Å². The first-order valence-electron chi connectivity index (χ1n) is 7.28. The topological polar surface area (TPSA) is 29.5 Å². The normalized spacial score (nSPS) is 25.3. The van der Waals surface area contributed by atoms with Crippen molar-refractivity contribution in [1.29, 1.82) is 0 Å². The maximum atomic E-state index is 12.4. The van der Waals surface area contributed by atoms with Crippen LogP contribution in [0.1, 0.15) is 51.4 Å². The molecule has 1 atom stereocenters. The molecule has 2 fully saturated rings. The Kier molecular flexibility index (Phi) is 5.96. The third-order valence-corrected chi connectivity index (χ3v) is 4.44. The number of amides is 1. The summed E-state index contributed by atoms with van der Waals surface area (Å²) in [4.78, 5) is 14.5. The maximum Gasteiger partial charge on any atom is 0.225 e. The molecule has 4 heteroatoms. The van der Waals surface area contributed by atoms with Crippen LogP contribution in [0.4, 0.5) is 0 Å². The quantitative estimate of drug-likeness (QED) is 0.729. The Morgan fingerprint density at radius 1 is 1.17 bits per heavy atom. The molecule has 0 bridgehead atoms. The van der Waals surface area contributed by atoms with Gasteiger partial charge in [0.2, 0.25) is 5.91 Å². The van der Waals surface area contributed by atoms with Crippen LogP contribution in [0.25, 0.3) is 0 Å². The molecular weight excluding hydrogens is 294 g/mol. The van der Waals surface area contributed by atoms with E-state index in [1.807, 2.05) is 0 Å². The van der Waals surface area contributed by atoms with Crippen molar-refractivity contribution >= 4 is 21.8 Å². The fourth-order valence-corrected chi connectivity index (χ4v) is 3.49. The highest BCUT2D eigenvalue weighted by Gasteiger charge is 2.27. The standard InChI is InChI=1S/C14H24BrNO2/c15-8-9-16(12-5-2-1-3-6-12)14(17)11-13-7-4-10-18-13/h12-13H,1-11H2. The van der Waals surface area contributed by atoms with Crippen molar-refractivity contribution in [3.05, 3.63) is 0 Å². The second-order valence-electron chi connectivity index (χ2n) is 5.41. The van der Waals surface area contributed by atoms with E-state index in [1.54, 1.807) is 0 Å². The summed E-state index contributed by atoms with van der Waals surface area (Å²) in [6.07, 6.45) is 9.18. The van der Waals surface area contributed by atoms with E-state index in [4.69, 9.17) is 4.74 Å². The summed E-state index contributed by atoms with van der Waals surface area (Å²) in [7, 11) is 0. The molecule has 1 heterocycles. The number of hydrogen-bond acceptors (Lipinski definition) is 2. The van der Waals surface area contributed by atoms with E-state index in [0.717, 1.165) is 31.3 Å². The van der Waals surface area contributed by atoms with Gasteiger partial charge in [0.15, 0.2) is 0 Å². The Morgan fingerprint density at radius 2 is 1.94 bits per heavy atom. The Morgan fingerprint density at radius 3 is 2.56 bits per heavy atom. The van der Waals surface area contributed by atoms with E-state index < -0.39 is 0 Å². The van der Waals surface area contributed by atoms with Crippen molar-refractivity contribution in [2.24, 2.45) is 0 Å². The summed E-state index contributed by atoms with van der Waals surface area (Å²) < 4.78 is 5.58. The molecule has 2 rings (SSSR count). The lowest BCUT2D eigenvalue weighted by atomic mass is 9.94. The van der Waals surface area contributed by atoms with E-state index >= 15 is 0 Å². The largest absolute Gasteiger partial charge is 0.378 e. The van der Waals surface area contributed by atoms with Crippen molar-refractivity contribution in [3.63, 3.8) is 0 Å². The van der Waals surface area contributed by atoms with E-state index in [1.165, 1.54) is 32.1 Å². The number of rotatable bonds is 5. The van der Waals surface area contributed by atoms with Crippen molar-refractivity contribution < 1.29 is 9.53 Å². The van der Waals surface area contributed by atoms with Gasteiger partial charge in [0.05, 0.1) is 12.5 Å². The van der Waals surface area contributed by atoms with E-state index in [2.05, 4.69) is 20.8 Å². The Bertz CT molecular complexity index is 261. The number of alkyl halides is 1. The van der Waals surface area contributed by atoms with Gasteiger partial charge in [-0.1, -0.05) is 35.2 Å². The SMILES string of the molecule is O=C(CC1CCCO1)N(CCBr)C1CCCCC1. The Hall–Kier alpha value is -0.0900. The van der Waals surface area contributed by atoms with Crippen LogP contribution in [0.15, 0.2) is 0 Å². The number of carbonyl (C=O) groups excluding carboxylic acids is 1. The molecular formula is C14H24BrNO2. The van der Waals surface area contributed by atoms with Gasteiger partial charge in [-0.2, -0.15) is 0 Å². The average molecular weight is 318 g/mol. The second-order valence-corrected chi connectivity index (χ2v) is 6.20. The minimum atomic E-state index is 0.180. The molecule has 3 nitrogen and oxygen atoms in total. The van der Waals surface area contributed by atoms with Crippen LogP contribution in [0.3, 0.4) is 0 Å². The number of halogens is 1. The van der Waals surface area contributed by atoms with Crippen LogP contribution in [0.5, 0.6) is 0 Å². The van der Waals surface area contributed by atoms with E-state index in [0.29, 0.717) is 18.4 Å². The fourth-order valence-electron chi connectivity index (χ4n) is 3.11. The van der Waals surface area contributed by atoms with E-state index in [9.17, 15) is 4.79 Å². The predicted molar refractivity (Wildman–Crippen MR) is 76.0 cm³/mol. The molecule has 0 N–H and O–H groups in total. The molecule has 0 radical (unpaired) electrons. The van der Waals surface area contributed by atoms with Crippen molar-refractivity contribution in [3.8, 4) is 0 Å². The zero-order valence-corrected chi connectivity index (χ0v) is 12.7. The van der Waals surface area contributed by atoms with E-state index in [-0.39, 0.29) is 6.10 Å². The van der Waals surface area contributed by atoms with Gasteiger partial charge in [-0.15, -0.1) is 0 Å². The van der Waals surface area contributed by atoms with Crippen molar-refractivity contribution in [1.82, 2.24) is 4.90 Å². The highest BCUT2D eigenvalue weighted by Crippen LogP contribution is 2.24. The molecule has 18 heavy (non-hydrogen) atoms.